The molecule has 43 heavy (non-hydrogen) atoms. The Bertz CT molecular complexity index is 1850. The zero-order valence-electron chi connectivity index (χ0n) is 22.9. The molecule has 1 unspecified atom stereocenters. The number of azo groups is 1. The SMILES string of the molecule is Cc1nc(N=Nc2cc(S(=O)(=O)[O-])c3cc([N+](=O)[O-])cc(S(=O)(=O)[O-])c3c2)c(COP(=O)([O-])O)c(C=O)c1O.[Na+].[Na+].[Na+].[Na+]. The first-order valence-corrected chi connectivity index (χ1v) is 14.1. The third-order valence-electron chi connectivity index (χ3n) is 4.93. The zero-order valence-corrected chi connectivity index (χ0v) is 33.5. The van der Waals surface area contributed by atoms with Crippen LogP contribution in [0.3, 0.4) is 0 Å². The number of aromatic nitrogens is 1. The van der Waals surface area contributed by atoms with Crippen molar-refractivity contribution in [3.8, 4) is 5.75 Å². The van der Waals surface area contributed by atoms with Gasteiger partial charge in [-0.2, -0.15) is 0 Å². The summed E-state index contributed by atoms with van der Waals surface area (Å²) >= 11 is 0. The van der Waals surface area contributed by atoms with E-state index < -0.39 is 94.2 Å². The van der Waals surface area contributed by atoms with Gasteiger partial charge in [0.05, 0.1) is 38.3 Å². The minimum atomic E-state index is -5.48. The van der Waals surface area contributed by atoms with Gasteiger partial charge in [0.1, 0.15) is 26.0 Å². The van der Waals surface area contributed by atoms with Crippen LogP contribution < -0.4 is 123 Å². The number of aldehydes is 1. The van der Waals surface area contributed by atoms with Gasteiger partial charge in [0.2, 0.25) is 0 Å². The molecule has 2 N–H and O–H groups in total. The van der Waals surface area contributed by atoms with Gasteiger partial charge in [-0.3, -0.25) is 19.5 Å². The summed E-state index contributed by atoms with van der Waals surface area (Å²) in [5, 5.41) is 27.0. The Balaban J connectivity index is 0. The number of pyridine rings is 1. The monoisotopic (exact) mass is 695 g/mol. The number of rotatable bonds is 9. The summed E-state index contributed by atoms with van der Waals surface area (Å²) in [7, 11) is -16.3. The number of fused-ring (bicyclic) bond motifs is 1. The number of carbonyl (C=O) groups excluding carboxylic acids is 1. The standard InChI is InChI=1S/C18H15N4O14PS2.4Na/c1-8-17(24)13(6-23)14(7-36-37(27,28)29)18(19-8)21-20-9-2-11-12(15(3-9)38(30,31)32)4-10(22(25)26)5-16(11)39(33,34)35;;;;/h2-6,24H,7H2,1H3,(H2,27,28,29)(H,30,31,32)(H,33,34,35);;;;/q;4*+1/p-3. The van der Waals surface area contributed by atoms with Crippen LogP contribution in [0.4, 0.5) is 17.2 Å². The zero-order chi connectivity index (χ0) is 29.5. The van der Waals surface area contributed by atoms with Crippen molar-refractivity contribution in [3.63, 3.8) is 0 Å². The molecule has 0 radical (unpaired) electrons. The molecule has 0 saturated carbocycles. The van der Waals surface area contributed by atoms with E-state index in [2.05, 4.69) is 19.7 Å². The second kappa shape index (κ2) is 17.4. The first-order chi connectivity index (χ1) is 17.8. The van der Waals surface area contributed by atoms with Crippen molar-refractivity contribution in [2.24, 2.45) is 10.2 Å². The van der Waals surface area contributed by atoms with E-state index in [1.54, 1.807) is 0 Å². The van der Waals surface area contributed by atoms with Crippen LogP contribution in [0.25, 0.3) is 10.8 Å². The Morgan fingerprint density at radius 1 is 1.00 bits per heavy atom. The summed E-state index contributed by atoms with van der Waals surface area (Å²) in [6.45, 7) is 0.119. The molecular formula is C18H12N4Na4O14PS2+. The summed E-state index contributed by atoms with van der Waals surface area (Å²) in [4.78, 5) is 42.8. The van der Waals surface area contributed by atoms with Gasteiger partial charge in [-0.15, -0.1) is 10.2 Å². The van der Waals surface area contributed by atoms with Crippen molar-refractivity contribution in [2.45, 2.75) is 23.3 Å². The molecule has 0 spiro atoms. The first kappa shape index (κ1) is 45.4. The number of carbonyl (C=O) groups is 1. The molecule has 3 rings (SSSR count). The molecule has 0 aliphatic rings. The average molecular weight is 695 g/mol. The molecule has 3 aromatic rings. The molecule has 18 nitrogen and oxygen atoms in total. The van der Waals surface area contributed by atoms with E-state index in [1.165, 1.54) is 6.92 Å². The topological polar surface area (TPSA) is 302 Å². The molecule has 0 aliphatic carbocycles. The van der Waals surface area contributed by atoms with Gasteiger partial charge >= 0.3 is 118 Å². The molecule has 2 aromatic carbocycles. The third kappa shape index (κ3) is 11.5. The van der Waals surface area contributed by atoms with Crippen LogP contribution in [-0.2, 0) is 35.9 Å². The van der Waals surface area contributed by atoms with Gasteiger partial charge in [-0.25, -0.2) is 21.8 Å². The fourth-order valence-corrected chi connectivity index (χ4v) is 4.98. The van der Waals surface area contributed by atoms with Crippen LogP contribution in [-0.4, -0.2) is 52.1 Å². The number of nitro groups is 1. The van der Waals surface area contributed by atoms with Crippen molar-refractivity contribution >= 4 is 62.3 Å². The number of phosphoric ester groups is 1. The minimum Gasteiger partial charge on any atom is -0.756 e. The van der Waals surface area contributed by atoms with Crippen molar-refractivity contribution in [1.82, 2.24) is 4.98 Å². The molecular weight excluding hydrogens is 683 g/mol. The van der Waals surface area contributed by atoms with E-state index in [9.17, 15) is 55.4 Å². The number of hydrogen-bond donors (Lipinski definition) is 2. The maximum absolute atomic E-state index is 11.9. The Hall–Kier alpha value is 0.250. The molecule has 208 valence electrons. The summed E-state index contributed by atoms with van der Waals surface area (Å²) in [6, 6.07) is 2.20. The van der Waals surface area contributed by atoms with Crippen LogP contribution in [0.5, 0.6) is 5.75 Å². The van der Waals surface area contributed by atoms with E-state index in [4.69, 9.17) is 4.89 Å². The largest absolute Gasteiger partial charge is 1.00 e. The van der Waals surface area contributed by atoms with E-state index in [0.717, 1.165) is 6.07 Å². The number of hydrogen-bond acceptors (Lipinski definition) is 16. The Kier molecular flexibility index (Phi) is 18.4. The fourth-order valence-electron chi connectivity index (χ4n) is 3.28. The molecule has 0 amide bonds. The summed E-state index contributed by atoms with van der Waals surface area (Å²) in [5.41, 5.74) is -2.93. The van der Waals surface area contributed by atoms with Crippen LogP contribution >= 0.6 is 7.82 Å². The maximum Gasteiger partial charge on any atom is 1.00 e. The average Bonchev–Trinajstić information content (AvgIpc) is 2.80. The number of aryl methyl sites for hydroxylation is 1. The van der Waals surface area contributed by atoms with E-state index in [0.29, 0.717) is 18.2 Å². The third-order valence-corrected chi connectivity index (χ3v) is 7.14. The van der Waals surface area contributed by atoms with Crippen LogP contribution in [0.15, 0.2) is 44.3 Å². The predicted molar refractivity (Wildman–Crippen MR) is 121 cm³/mol. The van der Waals surface area contributed by atoms with Crippen LogP contribution in [0.2, 0.25) is 0 Å². The van der Waals surface area contributed by atoms with Crippen molar-refractivity contribution in [3.05, 3.63) is 51.2 Å². The molecule has 25 heteroatoms. The van der Waals surface area contributed by atoms with Crippen molar-refractivity contribution < 1.29 is 178 Å². The molecule has 1 aromatic heterocycles. The number of nitro benzene ring substituents is 1. The predicted octanol–water partition coefficient (Wildman–Crippen LogP) is -10.8. The quantitative estimate of drug-likeness (QED) is 0.0399. The molecule has 0 fully saturated rings. The first-order valence-electron chi connectivity index (χ1n) is 9.79. The maximum atomic E-state index is 11.9. The second-order valence-electron chi connectivity index (χ2n) is 7.47. The van der Waals surface area contributed by atoms with Gasteiger partial charge in [-0.05, 0) is 19.1 Å². The van der Waals surface area contributed by atoms with Gasteiger partial charge in [0.25, 0.3) is 13.5 Å². The van der Waals surface area contributed by atoms with Crippen molar-refractivity contribution in [1.29, 1.82) is 0 Å². The van der Waals surface area contributed by atoms with Crippen molar-refractivity contribution in [2.75, 3.05) is 0 Å². The Labute approximate surface area is 331 Å². The number of benzene rings is 2. The van der Waals surface area contributed by atoms with Crippen LogP contribution in [0.1, 0.15) is 21.6 Å². The molecule has 1 atom stereocenters. The van der Waals surface area contributed by atoms with Crippen LogP contribution in [0, 0.1) is 17.0 Å². The number of nitrogens with zero attached hydrogens (tertiary/aromatic N) is 4. The summed E-state index contributed by atoms with van der Waals surface area (Å²) in [5.74, 6) is -1.31. The number of phosphoric acid groups is 1. The molecule has 0 aliphatic heterocycles. The summed E-state index contributed by atoms with van der Waals surface area (Å²) < 4.78 is 86.4. The Morgan fingerprint density at radius 3 is 1.98 bits per heavy atom. The molecule has 1 heterocycles. The summed E-state index contributed by atoms with van der Waals surface area (Å²) in [6.07, 6.45) is 0.0747. The number of aromatic hydroxyl groups is 1. The molecule has 0 bridgehead atoms. The smallest absolute Gasteiger partial charge is 0.756 e. The fraction of sp³-hybridized carbons (Fsp3) is 0.111. The van der Waals surface area contributed by atoms with Gasteiger partial charge in [0.15, 0.2) is 12.1 Å². The Morgan fingerprint density at radius 2 is 1.51 bits per heavy atom. The second-order valence-corrected chi connectivity index (χ2v) is 11.4. The van der Waals surface area contributed by atoms with E-state index in [1.807, 2.05) is 0 Å². The van der Waals surface area contributed by atoms with E-state index >= 15 is 0 Å². The normalized spacial score (nSPS) is 12.7. The number of non-ortho nitro benzene ring substituents is 1. The molecule has 0 saturated heterocycles. The van der Waals surface area contributed by atoms with Gasteiger partial charge in [0, 0.05) is 28.5 Å². The van der Waals surface area contributed by atoms with Gasteiger partial charge < -0.3 is 28.5 Å². The van der Waals surface area contributed by atoms with Gasteiger partial charge in [-0.1, -0.05) is 0 Å². The van der Waals surface area contributed by atoms with E-state index in [-0.39, 0.29) is 130 Å². The minimum absolute atomic E-state index is 0.